The second kappa shape index (κ2) is 27.8. The summed E-state index contributed by atoms with van der Waals surface area (Å²) in [7, 11) is 3.67. The summed E-state index contributed by atoms with van der Waals surface area (Å²) in [6.45, 7) is 4.00. The van der Waals surface area contributed by atoms with Crippen LogP contribution in [-0.4, -0.2) is 63.7 Å². The number of oxazole rings is 2. The molecule has 40 heavy (non-hydrogen) atoms. The van der Waals surface area contributed by atoms with Crippen LogP contribution < -0.4 is 12.4 Å². The number of hydrogen-bond donors (Lipinski definition) is 0. The second-order valence-electron chi connectivity index (χ2n) is 10.6. The fraction of sp³-hybridized carbons (Fsp3) is 0.710. The Labute approximate surface area is 265 Å². The van der Waals surface area contributed by atoms with E-state index in [4.69, 9.17) is 4.42 Å². The van der Waals surface area contributed by atoms with Crippen LogP contribution in [0.5, 0.6) is 0 Å². The smallest absolute Gasteiger partial charge is 1.00 e. The Balaban J connectivity index is 0. The number of ketones is 1. The van der Waals surface area contributed by atoms with Crippen LogP contribution in [0.15, 0.2) is 40.1 Å². The molecule has 224 valence electrons. The van der Waals surface area contributed by atoms with Crippen molar-refractivity contribution in [3.05, 3.63) is 43.6 Å². The van der Waals surface area contributed by atoms with Crippen molar-refractivity contribution in [1.29, 1.82) is 0 Å². The van der Waals surface area contributed by atoms with Gasteiger partial charge in [0.1, 0.15) is 12.5 Å². The summed E-state index contributed by atoms with van der Waals surface area (Å²) in [5.41, 5.74) is 0. The van der Waals surface area contributed by atoms with E-state index in [2.05, 4.69) is 14.4 Å². The molecular weight excluding hydrogens is 538 g/mol. The van der Waals surface area contributed by atoms with Crippen LogP contribution in [0.25, 0.3) is 0 Å². The molecule has 0 spiro atoms. The van der Waals surface area contributed by atoms with Crippen molar-refractivity contribution in [1.82, 2.24) is 14.9 Å². The zero-order valence-electron chi connectivity index (χ0n) is 25.5. The number of rotatable bonds is 9. The van der Waals surface area contributed by atoms with Crippen molar-refractivity contribution in [2.75, 3.05) is 14.1 Å². The van der Waals surface area contributed by atoms with E-state index in [-0.39, 0.29) is 53.0 Å². The molecule has 0 aromatic carbocycles. The Morgan fingerprint density at radius 1 is 0.875 bits per heavy atom. The number of halogens is 1. The Bertz CT molecular complexity index is 774. The molecule has 0 N–H and O–H groups in total. The molecule has 2 aromatic rings. The van der Waals surface area contributed by atoms with E-state index in [0.717, 1.165) is 31.1 Å². The van der Waals surface area contributed by atoms with Gasteiger partial charge < -0.3 is 32.6 Å². The fourth-order valence-electron chi connectivity index (χ4n) is 4.91. The largest absolute Gasteiger partial charge is 2.00 e. The number of Topliss-reactive ketones (excluding diaryl/α,β-unsaturated/α-hetero) is 1. The van der Waals surface area contributed by atoms with Crippen LogP contribution >= 0.6 is 0 Å². The second-order valence-corrected chi connectivity index (χ2v) is 10.6. The minimum atomic E-state index is 0. The minimum absolute atomic E-state index is 0. The van der Waals surface area contributed by atoms with E-state index in [1.165, 1.54) is 102 Å². The van der Waals surface area contributed by atoms with Gasteiger partial charge in [-0.15, -0.1) is 0 Å². The molecule has 2 aliphatic carbocycles. The van der Waals surface area contributed by atoms with Crippen molar-refractivity contribution in [3.63, 3.8) is 0 Å². The quantitative estimate of drug-likeness (QED) is 0.233. The fourth-order valence-corrected chi connectivity index (χ4v) is 4.91. The third-order valence-electron chi connectivity index (χ3n) is 6.99. The van der Waals surface area contributed by atoms with E-state index in [0.29, 0.717) is 6.42 Å². The maximum atomic E-state index is 11.6. The van der Waals surface area contributed by atoms with E-state index in [9.17, 15) is 9.59 Å². The van der Waals surface area contributed by atoms with Gasteiger partial charge in [-0.1, -0.05) is 70.6 Å². The molecule has 0 radical (unpaired) electrons. The SMILES string of the molecule is CN(C)C(=O)CCCC1CCCCC1.C[CH-]C.O=C(CCCC1CCCCC1)c1ncco1.[Cl-].[Mg+2].c1cocn1. The van der Waals surface area contributed by atoms with Crippen molar-refractivity contribution in [2.24, 2.45) is 11.8 Å². The standard InChI is InChI=1S/C13H19NO2.C12H23NO.C3H3NO.C3H7.ClH.Mg/c15-12(13-14-9-10-16-13)8-4-7-11-5-2-1-3-6-11;1-13(2)12(14)10-6-9-11-7-4-3-5-8-11;1-2-5-3-4-1;1-3-2;;/h9-11H,1-8H2;11H,3-10H2,1-2H3;1-3H;3H,1-2H3;1H;/q;;;-1;;+2/p-1. The molecule has 4 rings (SSSR count). The number of carbonyl (C=O) groups is 2. The molecule has 0 bridgehead atoms. The molecule has 0 unspecified atom stereocenters. The van der Waals surface area contributed by atoms with E-state index in [1.807, 2.05) is 34.4 Å². The van der Waals surface area contributed by atoms with Gasteiger partial charge in [0.05, 0.1) is 12.4 Å². The van der Waals surface area contributed by atoms with E-state index >= 15 is 0 Å². The van der Waals surface area contributed by atoms with Gasteiger partial charge in [0.2, 0.25) is 11.7 Å². The van der Waals surface area contributed by atoms with Crippen molar-refractivity contribution in [3.8, 4) is 0 Å². The van der Waals surface area contributed by atoms with Crippen LogP contribution in [-0.2, 0) is 4.79 Å². The monoisotopic (exact) mass is 589 g/mol. The third-order valence-corrected chi connectivity index (χ3v) is 6.99. The topological polar surface area (TPSA) is 89.4 Å². The first kappa shape index (κ1) is 40.8. The number of aromatic nitrogens is 2. The average Bonchev–Trinajstić information content (AvgIpc) is 3.68. The molecule has 2 aliphatic rings. The summed E-state index contributed by atoms with van der Waals surface area (Å²) in [6, 6.07) is 0. The van der Waals surface area contributed by atoms with Gasteiger partial charge in [-0.2, -0.15) is 13.8 Å². The Hall–Kier alpha value is -1.38. The van der Waals surface area contributed by atoms with Crippen molar-refractivity contribution in [2.45, 2.75) is 117 Å². The molecule has 2 heterocycles. The van der Waals surface area contributed by atoms with Gasteiger partial charge >= 0.3 is 23.1 Å². The Kier molecular flexibility index (Phi) is 28.3. The first-order valence-corrected chi connectivity index (χ1v) is 14.7. The van der Waals surface area contributed by atoms with E-state index < -0.39 is 0 Å². The molecule has 0 atom stereocenters. The van der Waals surface area contributed by atoms with Crippen LogP contribution in [0.4, 0.5) is 0 Å². The third kappa shape index (κ3) is 21.4. The summed E-state index contributed by atoms with van der Waals surface area (Å²) < 4.78 is 9.45. The average molecular weight is 591 g/mol. The Morgan fingerprint density at radius 3 is 1.77 bits per heavy atom. The molecule has 9 heteroatoms. The Morgan fingerprint density at radius 2 is 1.40 bits per heavy atom. The van der Waals surface area contributed by atoms with Crippen LogP contribution in [0.1, 0.15) is 127 Å². The molecule has 0 saturated heterocycles. The zero-order valence-corrected chi connectivity index (χ0v) is 27.7. The first-order valence-electron chi connectivity index (χ1n) is 14.7. The molecule has 7 nitrogen and oxygen atoms in total. The van der Waals surface area contributed by atoms with Gasteiger partial charge in [-0.05, 0) is 31.1 Å². The van der Waals surface area contributed by atoms with Crippen LogP contribution in [0.3, 0.4) is 0 Å². The maximum absolute atomic E-state index is 11.6. The molecular formula is C31H52ClMgN3O4. The first-order chi connectivity index (χ1) is 18.5. The number of carbonyl (C=O) groups excluding carboxylic acids is 2. The van der Waals surface area contributed by atoms with Crippen LogP contribution in [0.2, 0.25) is 0 Å². The number of hydrogen-bond acceptors (Lipinski definition) is 6. The minimum Gasteiger partial charge on any atom is -1.00 e. The molecule has 2 saturated carbocycles. The normalized spacial score (nSPS) is 14.8. The summed E-state index contributed by atoms with van der Waals surface area (Å²) in [5, 5.41) is 0. The number of amides is 1. The van der Waals surface area contributed by atoms with Crippen LogP contribution in [0, 0.1) is 18.3 Å². The van der Waals surface area contributed by atoms with Gasteiger partial charge in [-0.25, -0.2) is 9.97 Å². The van der Waals surface area contributed by atoms with Crippen molar-refractivity contribution >= 4 is 34.7 Å². The summed E-state index contributed by atoms with van der Waals surface area (Å²) >= 11 is 0. The van der Waals surface area contributed by atoms with Gasteiger partial charge in [-0.3, -0.25) is 9.59 Å². The summed E-state index contributed by atoms with van der Waals surface area (Å²) in [4.78, 5) is 32.0. The molecule has 1 amide bonds. The zero-order chi connectivity index (χ0) is 27.8. The predicted octanol–water partition coefficient (Wildman–Crippen LogP) is 4.96. The number of nitrogens with zero attached hydrogens (tertiary/aromatic N) is 3. The van der Waals surface area contributed by atoms with Gasteiger partial charge in [0.15, 0.2) is 6.39 Å². The molecule has 2 aromatic heterocycles. The molecule has 2 fully saturated rings. The summed E-state index contributed by atoms with van der Waals surface area (Å²) in [5.74, 6) is 2.36. The predicted molar refractivity (Wildman–Crippen MR) is 158 cm³/mol. The maximum Gasteiger partial charge on any atom is 2.00 e. The molecule has 0 aliphatic heterocycles. The van der Waals surface area contributed by atoms with Crippen molar-refractivity contribution < 1.29 is 30.8 Å². The summed E-state index contributed by atoms with van der Waals surface area (Å²) in [6.07, 6.45) is 29.2. The van der Waals surface area contributed by atoms with E-state index in [1.54, 1.807) is 11.1 Å². The van der Waals surface area contributed by atoms with Gasteiger partial charge in [0.25, 0.3) is 5.89 Å². The van der Waals surface area contributed by atoms with Gasteiger partial charge in [0, 0.05) is 26.9 Å².